The fourth-order valence-electron chi connectivity index (χ4n) is 2.79. The quantitative estimate of drug-likeness (QED) is 0.764. The van der Waals surface area contributed by atoms with Gasteiger partial charge < -0.3 is 10.1 Å². The number of anilines is 2. The van der Waals surface area contributed by atoms with Crippen LogP contribution < -0.4 is 10.2 Å². The first kappa shape index (κ1) is 15.0. The third-order valence-corrected chi connectivity index (χ3v) is 5.04. The molecule has 2 aromatic carbocycles. The van der Waals surface area contributed by atoms with E-state index in [0.717, 1.165) is 21.9 Å². The normalized spacial score (nSPS) is 15.5. The third kappa shape index (κ3) is 2.80. The summed E-state index contributed by atoms with van der Waals surface area (Å²) in [6.07, 6.45) is -0.279. The molecule has 1 N–H and O–H groups in total. The SMILES string of the molecule is C[C@H](Nc1nc2ccccc2s1)c1cccc(N2CCOC2=O)c1. The van der Waals surface area contributed by atoms with Crippen molar-refractivity contribution in [1.29, 1.82) is 0 Å². The standard InChI is InChI=1S/C18H17N3O2S/c1-12(19-17-20-15-7-2-3-8-16(15)24-17)13-5-4-6-14(11-13)21-9-10-23-18(21)22/h2-8,11-12H,9-10H2,1H3,(H,19,20)/t12-/m0/s1. The molecule has 1 aromatic heterocycles. The van der Waals surface area contributed by atoms with Gasteiger partial charge in [-0.15, -0.1) is 0 Å². The van der Waals surface area contributed by atoms with Gasteiger partial charge in [-0.1, -0.05) is 35.6 Å². The Labute approximate surface area is 143 Å². The lowest BCUT2D eigenvalue weighted by Gasteiger charge is -2.17. The van der Waals surface area contributed by atoms with Crippen LogP contribution >= 0.6 is 11.3 Å². The van der Waals surface area contributed by atoms with Crippen LogP contribution in [0.1, 0.15) is 18.5 Å². The van der Waals surface area contributed by atoms with Crippen molar-refractivity contribution in [3.8, 4) is 0 Å². The Balaban J connectivity index is 1.55. The second kappa shape index (κ2) is 6.13. The third-order valence-electron chi connectivity index (χ3n) is 4.08. The second-order valence-electron chi connectivity index (χ2n) is 5.71. The summed E-state index contributed by atoms with van der Waals surface area (Å²) in [7, 11) is 0. The summed E-state index contributed by atoms with van der Waals surface area (Å²) in [5.41, 5.74) is 2.98. The Bertz CT molecular complexity index is 860. The Hall–Kier alpha value is -2.60. The van der Waals surface area contributed by atoms with Crippen molar-refractivity contribution in [3.63, 3.8) is 0 Å². The first-order valence-corrected chi connectivity index (χ1v) is 8.69. The highest BCUT2D eigenvalue weighted by Gasteiger charge is 2.24. The van der Waals surface area contributed by atoms with Crippen LogP contribution in [-0.2, 0) is 4.74 Å². The van der Waals surface area contributed by atoms with Gasteiger partial charge in [0.25, 0.3) is 0 Å². The van der Waals surface area contributed by atoms with Crippen molar-refractivity contribution in [1.82, 2.24) is 4.98 Å². The molecule has 1 amide bonds. The average Bonchev–Trinajstić information content (AvgIpc) is 3.20. The summed E-state index contributed by atoms with van der Waals surface area (Å²) in [5.74, 6) is 0. The molecule has 122 valence electrons. The maximum Gasteiger partial charge on any atom is 0.414 e. The largest absolute Gasteiger partial charge is 0.447 e. The number of thiazole rings is 1. The number of carbonyl (C=O) groups is 1. The van der Waals surface area contributed by atoms with Crippen LogP contribution in [0, 0.1) is 0 Å². The molecule has 1 aliphatic heterocycles. The highest BCUT2D eigenvalue weighted by molar-refractivity contribution is 7.22. The summed E-state index contributed by atoms with van der Waals surface area (Å²) >= 11 is 1.64. The van der Waals surface area contributed by atoms with Gasteiger partial charge in [-0.3, -0.25) is 4.90 Å². The predicted molar refractivity (Wildman–Crippen MR) is 96.8 cm³/mol. The Morgan fingerprint density at radius 2 is 2.12 bits per heavy atom. The molecular weight excluding hydrogens is 322 g/mol. The van der Waals surface area contributed by atoms with Crippen molar-refractivity contribution in [2.45, 2.75) is 13.0 Å². The monoisotopic (exact) mass is 339 g/mol. The molecule has 1 aliphatic rings. The van der Waals surface area contributed by atoms with Crippen LogP contribution in [0.2, 0.25) is 0 Å². The summed E-state index contributed by atoms with van der Waals surface area (Å²) in [4.78, 5) is 18.0. The van der Waals surface area contributed by atoms with Crippen molar-refractivity contribution >= 4 is 38.5 Å². The second-order valence-corrected chi connectivity index (χ2v) is 6.74. The Morgan fingerprint density at radius 1 is 1.25 bits per heavy atom. The summed E-state index contributed by atoms with van der Waals surface area (Å²) < 4.78 is 6.18. The minimum Gasteiger partial charge on any atom is -0.447 e. The molecule has 1 saturated heterocycles. The van der Waals surface area contributed by atoms with Gasteiger partial charge in [0.2, 0.25) is 0 Å². The number of fused-ring (bicyclic) bond motifs is 1. The van der Waals surface area contributed by atoms with E-state index >= 15 is 0 Å². The van der Waals surface area contributed by atoms with Gasteiger partial charge in [0.05, 0.1) is 22.8 Å². The number of benzene rings is 2. The number of carbonyl (C=O) groups excluding carboxylic acids is 1. The Morgan fingerprint density at radius 3 is 2.92 bits per heavy atom. The van der Waals surface area contributed by atoms with E-state index in [1.165, 1.54) is 4.70 Å². The molecule has 0 spiro atoms. The number of nitrogens with one attached hydrogen (secondary N) is 1. The molecule has 0 bridgehead atoms. The van der Waals surface area contributed by atoms with E-state index in [0.29, 0.717) is 13.2 Å². The first-order chi connectivity index (χ1) is 11.7. The van der Waals surface area contributed by atoms with Crippen LogP contribution in [0.5, 0.6) is 0 Å². The highest BCUT2D eigenvalue weighted by atomic mass is 32.1. The number of rotatable bonds is 4. The van der Waals surface area contributed by atoms with E-state index in [1.54, 1.807) is 16.2 Å². The zero-order valence-corrected chi connectivity index (χ0v) is 14.0. The van der Waals surface area contributed by atoms with Crippen molar-refractivity contribution < 1.29 is 9.53 Å². The molecule has 0 aliphatic carbocycles. The first-order valence-electron chi connectivity index (χ1n) is 7.87. The lowest BCUT2D eigenvalue weighted by molar-refractivity contribution is 0.181. The van der Waals surface area contributed by atoms with Crippen LogP contribution in [0.25, 0.3) is 10.2 Å². The molecule has 1 atom stereocenters. The van der Waals surface area contributed by atoms with Crippen molar-refractivity contribution in [2.75, 3.05) is 23.4 Å². The smallest absolute Gasteiger partial charge is 0.414 e. The Kier molecular flexibility index (Phi) is 3.82. The molecule has 24 heavy (non-hydrogen) atoms. The van der Waals surface area contributed by atoms with E-state index < -0.39 is 0 Å². The molecule has 4 rings (SSSR count). The maximum absolute atomic E-state index is 11.7. The number of amides is 1. The number of cyclic esters (lactones) is 1. The fraction of sp³-hybridized carbons (Fsp3) is 0.222. The molecule has 6 heteroatoms. The number of para-hydroxylation sites is 1. The lowest BCUT2D eigenvalue weighted by atomic mass is 10.1. The predicted octanol–water partition coefficient (Wildman–Crippen LogP) is 4.43. The zero-order valence-electron chi connectivity index (χ0n) is 13.2. The van der Waals surface area contributed by atoms with Gasteiger partial charge in [-0.2, -0.15) is 0 Å². The number of nitrogens with zero attached hydrogens (tertiary/aromatic N) is 2. The fourth-order valence-corrected chi connectivity index (χ4v) is 3.75. The summed E-state index contributed by atoms with van der Waals surface area (Å²) in [5, 5.41) is 4.35. The number of aromatic nitrogens is 1. The van der Waals surface area contributed by atoms with E-state index in [1.807, 2.05) is 36.4 Å². The van der Waals surface area contributed by atoms with Crippen LogP contribution in [0.15, 0.2) is 48.5 Å². The molecule has 3 aromatic rings. The summed E-state index contributed by atoms with van der Waals surface area (Å²) in [6, 6.07) is 16.2. The number of hydrogen-bond donors (Lipinski definition) is 1. The number of hydrogen-bond acceptors (Lipinski definition) is 5. The van der Waals surface area contributed by atoms with E-state index in [9.17, 15) is 4.79 Å². The van der Waals surface area contributed by atoms with Gasteiger partial charge in [-0.05, 0) is 36.8 Å². The topological polar surface area (TPSA) is 54.5 Å². The van der Waals surface area contributed by atoms with Gasteiger partial charge >= 0.3 is 6.09 Å². The molecular formula is C18H17N3O2S. The molecule has 1 fully saturated rings. The minimum atomic E-state index is -0.279. The van der Waals surface area contributed by atoms with E-state index in [-0.39, 0.29) is 12.1 Å². The molecule has 2 heterocycles. The molecule has 5 nitrogen and oxygen atoms in total. The average molecular weight is 339 g/mol. The van der Waals surface area contributed by atoms with Gasteiger partial charge in [0.15, 0.2) is 5.13 Å². The van der Waals surface area contributed by atoms with Gasteiger partial charge in [0, 0.05) is 5.69 Å². The van der Waals surface area contributed by atoms with E-state index in [4.69, 9.17) is 4.74 Å². The van der Waals surface area contributed by atoms with Crippen LogP contribution in [-0.4, -0.2) is 24.2 Å². The zero-order chi connectivity index (χ0) is 16.5. The molecule has 0 radical (unpaired) electrons. The highest BCUT2D eigenvalue weighted by Crippen LogP contribution is 2.30. The molecule has 0 unspecified atom stereocenters. The van der Waals surface area contributed by atoms with E-state index in [2.05, 4.69) is 29.4 Å². The summed E-state index contributed by atoms with van der Waals surface area (Å²) in [6.45, 7) is 3.14. The van der Waals surface area contributed by atoms with Crippen LogP contribution in [0.4, 0.5) is 15.6 Å². The number of ether oxygens (including phenoxy) is 1. The van der Waals surface area contributed by atoms with Crippen molar-refractivity contribution in [2.24, 2.45) is 0 Å². The molecule has 0 saturated carbocycles. The minimum absolute atomic E-state index is 0.0872. The lowest BCUT2D eigenvalue weighted by Crippen LogP contribution is -2.23. The van der Waals surface area contributed by atoms with Crippen molar-refractivity contribution in [3.05, 3.63) is 54.1 Å². The van der Waals surface area contributed by atoms with Crippen LogP contribution in [0.3, 0.4) is 0 Å². The van der Waals surface area contributed by atoms with Gasteiger partial charge in [-0.25, -0.2) is 9.78 Å². The van der Waals surface area contributed by atoms with Gasteiger partial charge in [0.1, 0.15) is 6.61 Å². The maximum atomic E-state index is 11.7.